The number of Topliss-reactive ketones (excluding diaryl/α,β-unsaturated/α-hetero) is 1. The number of aromatic hydroxyl groups is 2. The molecule has 3 heterocycles. The summed E-state index contributed by atoms with van der Waals surface area (Å²) < 4.78 is 34.2. The van der Waals surface area contributed by atoms with Gasteiger partial charge in [0.25, 0.3) is 0 Å². The number of phenolic OH excluding ortho intramolecular Hbond substituents is 2. The zero-order valence-corrected chi connectivity index (χ0v) is 31.9. The Morgan fingerprint density at radius 2 is 1.90 bits per heavy atom. The van der Waals surface area contributed by atoms with Gasteiger partial charge < -0.3 is 59.0 Å². The highest BCUT2D eigenvalue weighted by atomic mass is 16.7. The molecule has 4 N–H and O–H groups in total. The molecule has 21 heteroatoms. The van der Waals surface area contributed by atoms with Crippen LogP contribution in [0.4, 0.5) is 10.7 Å². The first-order valence-corrected chi connectivity index (χ1v) is 18.4. The van der Waals surface area contributed by atoms with E-state index in [1.807, 2.05) is 0 Å². The number of morpholine rings is 1. The summed E-state index contributed by atoms with van der Waals surface area (Å²) in [7, 11) is 2.61. The van der Waals surface area contributed by atoms with Crippen molar-refractivity contribution in [3.05, 3.63) is 73.6 Å². The van der Waals surface area contributed by atoms with Gasteiger partial charge in [0.2, 0.25) is 11.6 Å². The molecule has 2 fully saturated rings. The van der Waals surface area contributed by atoms with Crippen LogP contribution in [0.1, 0.15) is 74.5 Å². The number of carbonyl (C=O) groups excluding carboxylic acids is 4. The van der Waals surface area contributed by atoms with Crippen molar-refractivity contribution >= 4 is 29.5 Å². The number of ether oxygens (including phenoxy) is 6. The van der Waals surface area contributed by atoms with Crippen molar-refractivity contribution in [1.29, 1.82) is 5.26 Å². The maximum absolute atomic E-state index is 14.1. The summed E-state index contributed by atoms with van der Waals surface area (Å²) >= 11 is 0. The van der Waals surface area contributed by atoms with E-state index < -0.39 is 125 Å². The summed E-state index contributed by atoms with van der Waals surface area (Å²) in [6.07, 6.45) is -6.50. The molecule has 0 amide bonds. The number of benzene rings is 2. The number of hydrogen-bond donors (Lipinski definition) is 4. The van der Waals surface area contributed by atoms with E-state index in [4.69, 9.17) is 28.4 Å². The maximum atomic E-state index is 14.1. The third-order valence-electron chi connectivity index (χ3n) is 11.2. The Hall–Kier alpha value is -6.02. The average Bonchev–Trinajstić information content (AvgIpc) is 3.60. The van der Waals surface area contributed by atoms with Crippen LogP contribution in [0.15, 0.2) is 24.4 Å². The maximum Gasteiger partial charge on any atom is 0.509 e. The third-order valence-corrected chi connectivity index (χ3v) is 11.2. The molecule has 3 aromatic rings. The van der Waals surface area contributed by atoms with E-state index in [0.29, 0.717) is 6.54 Å². The number of ketones is 3. The molecule has 7 rings (SSSR count). The first-order chi connectivity index (χ1) is 28.1. The van der Waals surface area contributed by atoms with Crippen molar-refractivity contribution in [2.75, 3.05) is 33.5 Å². The number of nitriles is 1. The van der Waals surface area contributed by atoms with Crippen LogP contribution >= 0.6 is 0 Å². The standard InChI is InChI=1S/C38H39N5O16/c1-17-31(45)22(42-7-8-55-14-18(42)12-39)9-26(58-17)59-24-11-38(51,25(44)16-57-37(50)56-15-19-13-40-36(41(19)2)43(52)53)10-21-28(24)35(49)30-29(33(21)47)32(46)20-5-4-6-23(54-3)27(20)34(30)48/h4-6,13,17-18,22,24,26,31,45,47,49,51H,7-11,14-16H2,1-3H3/t17-,18?,22?,24-,26-,31+,38-/m0/s1. The Morgan fingerprint density at radius 3 is 2.59 bits per heavy atom. The number of carbonyl (C=O) groups is 4. The molecule has 2 unspecified atom stereocenters. The summed E-state index contributed by atoms with van der Waals surface area (Å²) in [5.41, 5.74) is -4.38. The summed E-state index contributed by atoms with van der Waals surface area (Å²) in [5, 5.41) is 67.9. The molecule has 2 aliphatic carbocycles. The number of fused-ring (bicyclic) bond motifs is 3. The minimum atomic E-state index is -2.52. The number of imidazole rings is 1. The molecule has 0 saturated carbocycles. The molecule has 21 nitrogen and oxygen atoms in total. The van der Waals surface area contributed by atoms with Crippen LogP contribution in [0.3, 0.4) is 0 Å². The van der Waals surface area contributed by atoms with E-state index in [9.17, 15) is 55.0 Å². The van der Waals surface area contributed by atoms with Gasteiger partial charge in [-0.05, 0) is 17.9 Å². The fraction of sp³-hybridized carbons (Fsp3) is 0.474. The summed E-state index contributed by atoms with van der Waals surface area (Å²) in [5.74, 6) is -4.89. The zero-order valence-electron chi connectivity index (χ0n) is 31.9. The van der Waals surface area contributed by atoms with Gasteiger partial charge in [-0.25, -0.2) is 9.36 Å². The average molecular weight is 822 g/mol. The molecule has 312 valence electrons. The zero-order chi connectivity index (χ0) is 42.5. The molecule has 7 atom stereocenters. The predicted molar refractivity (Wildman–Crippen MR) is 193 cm³/mol. The molecular formula is C38H39N5O16. The van der Waals surface area contributed by atoms with Crippen molar-refractivity contribution < 1.29 is 72.9 Å². The Labute approximate surface area is 334 Å². The predicted octanol–water partition coefficient (Wildman–Crippen LogP) is 1.27. The first kappa shape index (κ1) is 41.2. The number of aliphatic hydroxyl groups excluding tert-OH is 1. The van der Waals surface area contributed by atoms with E-state index in [1.54, 1.807) is 11.8 Å². The third kappa shape index (κ3) is 7.23. The lowest BCUT2D eigenvalue weighted by Crippen LogP contribution is -2.60. The van der Waals surface area contributed by atoms with E-state index in [-0.39, 0.29) is 53.3 Å². The number of aliphatic hydroxyl groups is 2. The summed E-state index contributed by atoms with van der Waals surface area (Å²) in [4.78, 5) is 70.1. The number of nitro groups is 1. The normalized spacial score (nSPS) is 26.5. The molecule has 1 aromatic heterocycles. The van der Waals surface area contributed by atoms with Gasteiger partial charge in [-0.2, -0.15) is 5.26 Å². The molecule has 2 aromatic carbocycles. The minimum absolute atomic E-state index is 0.0315. The van der Waals surface area contributed by atoms with Crippen LogP contribution in [0.2, 0.25) is 0 Å². The van der Waals surface area contributed by atoms with E-state index in [1.165, 1.54) is 32.4 Å². The number of phenols is 2. The van der Waals surface area contributed by atoms with Gasteiger partial charge in [0.1, 0.15) is 35.1 Å². The highest BCUT2D eigenvalue weighted by Gasteiger charge is 2.51. The highest BCUT2D eigenvalue weighted by Crippen LogP contribution is 2.52. The monoisotopic (exact) mass is 821 g/mol. The number of aromatic nitrogens is 2. The fourth-order valence-electron chi connectivity index (χ4n) is 8.17. The van der Waals surface area contributed by atoms with Gasteiger partial charge in [-0.15, -0.1) is 0 Å². The van der Waals surface area contributed by atoms with Crippen LogP contribution < -0.4 is 4.74 Å². The van der Waals surface area contributed by atoms with Crippen LogP contribution in [0, 0.1) is 21.4 Å². The van der Waals surface area contributed by atoms with E-state index in [2.05, 4.69) is 11.1 Å². The Bertz CT molecular complexity index is 2290. The lowest BCUT2D eigenvalue weighted by atomic mass is 9.72. The fourth-order valence-corrected chi connectivity index (χ4v) is 8.17. The van der Waals surface area contributed by atoms with E-state index >= 15 is 0 Å². The lowest BCUT2D eigenvalue weighted by molar-refractivity contribution is -0.396. The van der Waals surface area contributed by atoms with Crippen molar-refractivity contribution in [3.8, 4) is 23.3 Å². The topological polar surface area (TPSA) is 293 Å². The summed E-state index contributed by atoms with van der Waals surface area (Å²) in [6, 6.07) is 5.00. The SMILES string of the molecule is COc1cccc2c1C(=O)c1c(O)c3c(c(O)c1C2=O)C[C@@](O)(C(=O)COC(=O)OCc1cnc([N+](=O)[O-])n1C)C[C@@H]3O[C@H]1CC(N2CCOCC2C#N)[C@H](O)[C@H](C)O1. The molecule has 0 radical (unpaired) electrons. The Kier molecular flexibility index (Phi) is 11.1. The number of rotatable bonds is 10. The smallest absolute Gasteiger partial charge is 0.507 e. The second-order valence-corrected chi connectivity index (χ2v) is 14.6. The Morgan fingerprint density at radius 1 is 1.15 bits per heavy atom. The molecule has 2 aliphatic heterocycles. The largest absolute Gasteiger partial charge is 0.509 e. The highest BCUT2D eigenvalue weighted by molar-refractivity contribution is 6.31. The van der Waals surface area contributed by atoms with Crippen LogP contribution in [-0.2, 0) is 48.6 Å². The van der Waals surface area contributed by atoms with Crippen molar-refractivity contribution in [3.63, 3.8) is 0 Å². The van der Waals surface area contributed by atoms with Gasteiger partial charge in [-0.1, -0.05) is 17.1 Å². The van der Waals surface area contributed by atoms with Gasteiger partial charge in [0.05, 0.1) is 68.4 Å². The molecule has 0 bridgehead atoms. The molecule has 4 aliphatic rings. The van der Waals surface area contributed by atoms with Crippen LogP contribution in [-0.4, -0.2) is 133 Å². The van der Waals surface area contributed by atoms with Crippen molar-refractivity contribution in [2.45, 2.75) is 75.1 Å². The molecule has 2 saturated heterocycles. The van der Waals surface area contributed by atoms with Gasteiger partial charge in [-0.3, -0.25) is 19.3 Å². The van der Waals surface area contributed by atoms with Gasteiger partial charge >= 0.3 is 12.1 Å². The molecular weight excluding hydrogens is 782 g/mol. The first-order valence-electron chi connectivity index (χ1n) is 18.4. The van der Waals surface area contributed by atoms with E-state index in [0.717, 1.165) is 10.8 Å². The number of nitrogens with zero attached hydrogens (tertiary/aromatic N) is 5. The van der Waals surface area contributed by atoms with Crippen molar-refractivity contribution in [1.82, 2.24) is 14.5 Å². The number of methoxy groups -OCH3 is 1. The van der Waals surface area contributed by atoms with Gasteiger partial charge in [0.15, 0.2) is 31.0 Å². The second kappa shape index (κ2) is 16.0. The van der Waals surface area contributed by atoms with Crippen LogP contribution in [0.5, 0.6) is 17.2 Å². The molecule has 59 heavy (non-hydrogen) atoms. The lowest BCUT2D eigenvalue weighted by Gasteiger charge is -2.47. The van der Waals surface area contributed by atoms with Crippen LogP contribution in [0.25, 0.3) is 0 Å². The summed E-state index contributed by atoms with van der Waals surface area (Å²) in [6.45, 7) is 0.645. The molecule has 0 spiro atoms. The Balaban J connectivity index is 1.21. The van der Waals surface area contributed by atoms with Gasteiger partial charge in [0, 0.05) is 48.5 Å². The minimum Gasteiger partial charge on any atom is -0.507 e. The second-order valence-electron chi connectivity index (χ2n) is 14.6. The number of hydrogen-bond acceptors (Lipinski definition) is 19. The quantitative estimate of drug-likeness (QED) is 0.0758. The van der Waals surface area contributed by atoms with Crippen molar-refractivity contribution in [2.24, 2.45) is 7.05 Å².